The van der Waals surface area contributed by atoms with Crippen molar-refractivity contribution in [3.8, 4) is 0 Å². The smallest absolute Gasteiger partial charge is 0.288 e. The van der Waals surface area contributed by atoms with Crippen LogP contribution in [-0.2, 0) is 4.79 Å². The van der Waals surface area contributed by atoms with Crippen molar-refractivity contribution in [2.45, 2.75) is 36.5 Å². The first kappa shape index (κ1) is 15.1. The summed E-state index contributed by atoms with van der Waals surface area (Å²) in [7, 11) is 0. The first-order valence-corrected chi connectivity index (χ1v) is 7.50. The Morgan fingerprint density at radius 2 is 2.00 bits per heavy atom. The van der Waals surface area contributed by atoms with Gasteiger partial charge < -0.3 is 10.2 Å². The van der Waals surface area contributed by atoms with E-state index in [0.717, 1.165) is 31.6 Å². The topological polar surface area (TPSA) is 32.3 Å². The molecule has 6 heteroatoms. The van der Waals surface area contributed by atoms with Gasteiger partial charge in [0.1, 0.15) is 0 Å². The summed E-state index contributed by atoms with van der Waals surface area (Å²) in [5.74, 6) is -2.32. The van der Waals surface area contributed by atoms with E-state index in [1.165, 1.54) is 0 Å². The molecule has 0 spiro atoms. The molecule has 1 aliphatic heterocycles. The van der Waals surface area contributed by atoms with Crippen LogP contribution in [0.2, 0.25) is 0 Å². The number of carbonyl (C=O) groups is 1. The van der Waals surface area contributed by atoms with Crippen molar-refractivity contribution in [3.63, 3.8) is 0 Å². The summed E-state index contributed by atoms with van der Waals surface area (Å²) >= 11 is 0.559. The summed E-state index contributed by atoms with van der Waals surface area (Å²) in [5.41, 5.74) is 0.749. The first-order valence-electron chi connectivity index (χ1n) is 6.62. The molecule has 20 heavy (non-hydrogen) atoms. The molecule has 1 saturated heterocycles. The minimum atomic E-state index is -2.42. The molecule has 0 unspecified atom stereocenters. The van der Waals surface area contributed by atoms with E-state index >= 15 is 0 Å². The number of amides is 1. The first-order chi connectivity index (χ1) is 9.56. The lowest BCUT2D eigenvalue weighted by Crippen LogP contribution is -2.41. The number of nitrogens with zero attached hydrogens (tertiary/aromatic N) is 1. The molecule has 1 amide bonds. The molecule has 0 radical (unpaired) electrons. The fourth-order valence-electron chi connectivity index (χ4n) is 2.34. The second kappa shape index (κ2) is 6.92. The van der Waals surface area contributed by atoms with Gasteiger partial charge in [-0.15, -0.1) is 0 Å². The highest BCUT2D eigenvalue weighted by atomic mass is 32.2. The number of para-hydroxylation sites is 1. The van der Waals surface area contributed by atoms with E-state index < -0.39 is 5.76 Å². The largest absolute Gasteiger partial charge is 0.381 e. The van der Waals surface area contributed by atoms with Gasteiger partial charge in [0.05, 0.1) is 0 Å². The summed E-state index contributed by atoms with van der Waals surface area (Å²) < 4.78 is 25.0. The number of benzene rings is 1. The van der Waals surface area contributed by atoms with Crippen molar-refractivity contribution in [1.29, 1.82) is 0 Å². The molecule has 0 bridgehead atoms. The van der Waals surface area contributed by atoms with E-state index in [-0.39, 0.29) is 11.9 Å². The summed E-state index contributed by atoms with van der Waals surface area (Å²) in [6.45, 7) is 3.01. The van der Waals surface area contributed by atoms with E-state index in [4.69, 9.17) is 0 Å². The number of nitrogens with one attached hydrogen (secondary N) is 1. The number of likely N-dealkylation sites (tertiary alicyclic amines) is 1. The number of hydrogen-bond donors (Lipinski definition) is 1. The van der Waals surface area contributed by atoms with Crippen molar-refractivity contribution >= 4 is 23.4 Å². The lowest BCUT2D eigenvalue weighted by Gasteiger charge is -2.32. The van der Waals surface area contributed by atoms with Gasteiger partial charge in [-0.05, 0) is 25.0 Å². The van der Waals surface area contributed by atoms with E-state index in [0.29, 0.717) is 16.7 Å². The molecule has 0 aliphatic carbocycles. The zero-order chi connectivity index (χ0) is 14.5. The zero-order valence-corrected chi connectivity index (χ0v) is 12.1. The number of anilines is 1. The Balaban J connectivity index is 1.96. The van der Waals surface area contributed by atoms with Crippen molar-refractivity contribution in [1.82, 2.24) is 4.90 Å². The van der Waals surface area contributed by atoms with Gasteiger partial charge in [-0.2, -0.15) is 8.78 Å². The minimum absolute atomic E-state index is 0.0945. The van der Waals surface area contributed by atoms with Crippen molar-refractivity contribution in [2.75, 3.05) is 18.4 Å². The lowest BCUT2D eigenvalue weighted by molar-refractivity contribution is -0.129. The second-order valence-corrected chi connectivity index (χ2v) is 5.83. The van der Waals surface area contributed by atoms with Crippen LogP contribution < -0.4 is 5.32 Å². The Hall–Kier alpha value is -1.30. The maximum Gasteiger partial charge on any atom is 0.288 e. The third-order valence-electron chi connectivity index (χ3n) is 3.40. The van der Waals surface area contributed by atoms with Gasteiger partial charge >= 0.3 is 0 Å². The average Bonchev–Trinajstić information content (AvgIpc) is 2.41. The zero-order valence-electron chi connectivity index (χ0n) is 11.3. The summed E-state index contributed by atoms with van der Waals surface area (Å²) in [6, 6.07) is 7.34. The van der Waals surface area contributed by atoms with Gasteiger partial charge in [-0.25, -0.2) is 0 Å². The van der Waals surface area contributed by atoms with E-state index in [2.05, 4.69) is 5.32 Å². The highest BCUT2D eigenvalue weighted by Crippen LogP contribution is 2.32. The van der Waals surface area contributed by atoms with Crippen LogP contribution in [0.3, 0.4) is 0 Å². The Morgan fingerprint density at radius 3 is 2.60 bits per heavy atom. The standard InChI is InChI=1S/C14H18F2N2OS/c1-10(19)18-8-6-11(7-9-18)17-12-4-2-3-5-13(12)20-14(15)16/h2-5,11,14,17H,6-9H2,1H3. The molecule has 3 nitrogen and oxygen atoms in total. The average molecular weight is 300 g/mol. The van der Waals surface area contributed by atoms with Crippen LogP contribution >= 0.6 is 11.8 Å². The van der Waals surface area contributed by atoms with E-state index in [9.17, 15) is 13.6 Å². The molecule has 110 valence electrons. The SMILES string of the molecule is CC(=O)N1CCC(Nc2ccccc2SC(F)F)CC1. The highest BCUT2D eigenvalue weighted by molar-refractivity contribution is 7.99. The second-order valence-electron chi connectivity index (χ2n) is 4.80. The number of alkyl halides is 2. The molecular weight excluding hydrogens is 282 g/mol. The molecule has 1 heterocycles. The Bertz CT molecular complexity index is 462. The number of hydrogen-bond acceptors (Lipinski definition) is 3. The Labute approximate surface area is 121 Å². The Kier molecular flexibility index (Phi) is 5.23. The van der Waals surface area contributed by atoms with Gasteiger partial charge in [0.25, 0.3) is 5.76 Å². The van der Waals surface area contributed by atoms with Crippen LogP contribution in [0.1, 0.15) is 19.8 Å². The molecule has 1 fully saturated rings. The minimum Gasteiger partial charge on any atom is -0.381 e. The van der Waals surface area contributed by atoms with Crippen LogP contribution in [0.4, 0.5) is 14.5 Å². The maximum absolute atomic E-state index is 12.5. The van der Waals surface area contributed by atoms with Gasteiger partial charge in [-0.3, -0.25) is 4.79 Å². The van der Waals surface area contributed by atoms with Crippen LogP contribution in [0, 0.1) is 0 Å². The third kappa shape index (κ3) is 4.10. The number of piperidine rings is 1. The number of thioether (sulfide) groups is 1. The molecule has 1 aromatic carbocycles. The summed E-state index contributed by atoms with van der Waals surface area (Å²) in [6.07, 6.45) is 1.68. The van der Waals surface area contributed by atoms with E-state index in [1.54, 1.807) is 19.1 Å². The fourth-order valence-corrected chi connectivity index (χ4v) is 2.95. The summed E-state index contributed by atoms with van der Waals surface area (Å²) in [4.78, 5) is 13.6. The highest BCUT2D eigenvalue weighted by Gasteiger charge is 2.21. The molecule has 0 atom stereocenters. The van der Waals surface area contributed by atoms with Crippen LogP contribution in [0.5, 0.6) is 0 Å². The van der Waals surface area contributed by atoms with Gasteiger partial charge in [0.15, 0.2) is 0 Å². The van der Waals surface area contributed by atoms with Gasteiger partial charge in [0, 0.05) is 36.6 Å². The fraction of sp³-hybridized carbons (Fsp3) is 0.500. The van der Waals surface area contributed by atoms with Crippen LogP contribution in [0.15, 0.2) is 29.2 Å². The maximum atomic E-state index is 12.5. The molecular formula is C14H18F2N2OS. The molecule has 0 aromatic heterocycles. The predicted octanol–water partition coefficient (Wildman–Crippen LogP) is 3.42. The van der Waals surface area contributed by atoms with Crippen LogP contribution in [0.25, 0.3) is 0 Å². The van der Waals surface area contributed by atoms with Gasteiger partial charge in [0.2, 0.25) is 5.91 Å². The summed E-state index contributed by atoms with van der Waals surface area (Å²) in [5, 5.41) is 3.32. The third-order valence-corrected chi connectivity index (χ3v) is 4.19. The molecule has 1 N–H and O–H groups in total. The van der Waals surface area contributed by atoms with Crippen molar-refractivity contribution in [3.05, 3.63) is 24.3 Å². The molecule has 1 aliphatic rings. The van der Waals surface area contributed by atoms with Crippen LogP contribution in [-0.4, -0.2) is 35.7 Å². The molecule has 1 aromatic rings. The number of rotatable bonds is 4. The lowest BCUT2D eigenvalue weighted by atomic mass is 10.0. The van der Waals surface area contributed by atoms with Crippen molar-refractivity contribution in [2.24, 2.45) is 0 Å². The quantitative estimate of drug-likeness (QED) is 0.865. The normalized spacial score (nSPS) is 16.5. The van der Waals surface area contributed by atoms with Gasteiger partial charge in [-0.1, -0.05) is 23.9 Å². The van der Waals surface area contributed by atoms with Crippen molar-refractivity contribution < 1.29 is 13.6 Å². The van der Waals surface area contributed by atoms with E-state index in [1.807, 2.05) is 17.0 Å². The number of halogens is 2. The molecule has 2 rings (SSSR count). The number of carbonyl (C=O) groups excluding carboxylic acids is 1. The Morgan fingerprint density at radius 1 is 1.35 bits per heavy atom. The monoisotopic (exact) mass is 300 g/mol. The molecule has 0 saturated carbocycles. The predicted molar refractivity (Wildman–Crippen MR) is 77.2 cm³/mol.